The number of aromatic nitrogens is 2. The molecule has 1 aromatic heterocycles. The maximum atomic E-state index is 12.6. The molecule has 4 rings (SSSR count). The number of sulfone groups is 1. The Morgan fingerprint density at radius 1 is 1.16 bits per heavy atom. The molecular formula is C22H26N4O4S. The minimum atomic E-state index is -3.31. The molecule has 31 heavy (non-hydrogen) atoms. The fraction of sp³-hybridized carbons (Fsp3) is 0.409. The molecule has 0 unspecified atom stereocenters. The highest BCUT2D eigenvalue weighted by Crippen LogP contribution is 2.33. The topological polar surface area (TPSA) is 110 Å². The minimum Gasteiger partial charge on any atom is -0.348 e. The Morgan fingerprint density at radius 2 is 2.00 bits per heavy atom. The summed E-state index contributed by atoms with van der Waals surface area (Å²) < 4.78 is 25.6. The average Bonchev–Trinajstić information content (AvgIpc) is 3.21. The summed E-state index contributed by atoms with van der Waals surface area (Å²) in [5, 5.41) is 9.68. The quantitative estimate of drug-likeness (QED) is 0.546. The Hall–Kier alpha value is -2.94. The van der Waals surface area contributed by atoms with E-state index in [2.05, 4.69) is 21.8 Å². The molecule has 0 bridgehead atoms. The molecule has 2 heterocycles. The van der Waals surface area contributed by atoms with Crippen molar-refractivity contribution in [3.05, 3.63) is 52.7 Å². The molecule has 0 saturated heterocycles. The Morgan fingerprint density at radius 3 is 2.74 bits per heavy atom. The first-order valence-corrected chi connectivity index (χ1v) is 12.3. The summed E-state index contributed by atoms with van der Waals surface area (Å²) in [4.78, 5) is 24.9. The van der Waals surface area contributed by atoms with Gasteiger partial charge >= 0.3 is 11.8 Å². The third kappa shape index (κ3) is 4.87. The maximum absolute atomic E-state index is 12.6. The lowest BCUT2D eigenvalue weighted by atomic mass is 9.97. The van der Waals surface area contributed by atoms with Crippen LogP contribution in [0.1, 0.15) is 48.9 Å². The number of carbonyl (C=O) groups is 2. The van der Waals surface area contributed by atoms with Gasteiger partial charge in [-0.05, 0) is 56.7 Å². The van der Waals surface area contributed by atoms with Crippen LogP contribution in [0.5, 0.6) is 0 Å². The van der Waals surface area contributed by atoms with Crippen LogP contribution in [-0.2, 0) is 30.9 Å². The highest BCUT2D eigenvalue weighted by Gasteiger charge is 2.33. The van der Waals surface area contributed by atoms with Crippen molar-refractivity contribution < 1.29 is 18.0 Å². The molecule has 164 valence electrons. The summed E-state index contributed by atoms with van der Waals surface area (Å²) in [6.45, 7) is 2.32. The van der Waals surface area contributed by atoms with Crippen LogP contribution >= 0.6 is 0 Å². The molecule has 8 nitrogen and oxygen atoms in total. The van der Waals surface area contributed by atoms with E-state index >= 15 is 0 Å². The highest BCUT2D eigenvalue weighted by atomic mass is 32.2. The molecule has 0 radical (unpaired) electrons. The number of anilines is 1. The molecular weight excluding hydrogens is 416 g/mol. The third-order valence-corrected chi connectivity index (χ3v) is 7.03. The molecule has 2 aliphatic rings. The van der Waals surface area contributed by atoms with Crippen LogP contribution in [0, 0.1) is 6.92 Å². The smallest absolute Gasteiger partial charge is 0.314 e. The Labute approximate surface area is 181 Å². The molecule has 0 saturated carbocycles. The molecule has 2 aromatic rings. The number of nitrogens with one attached hydrogen (secondary N) is 2. The van der Waals surface area contributed by atoms with Gasteiger partial charge in [0.15, 0.2) is 9.84 Å². The normalized spacial score (nSPS) is 17.0. The van der Waals surface area contributed by atoms with Gasteiger partial charge in [-0.15, -0.1) is 0 Å². The van der Waals surface area contributed by atoms with Gasteiger partial charge in [-0.1, -0.05) is 23.8 Å². The molecule has 0 atom stereocenters. The lowest BCUT2D eigenvalue weighted by Gasteiger charge is -2.13. The van der Waals surface area contributed by atoms with E-state index in [0.717, 1.165) is 31.2 Å². The van der Waals surface area contributed by atoms with E-state index in [1.54, 1.807) is 0 Å². The van der Waals surface area contributed by atoms with Gasteiger partial charge in [0.1, 0.15) is 5.82 Å². The van der Waals surface area contributed by atoms with Gasteiger partial charge in [-0.3, -0.25) is 9.59 Å². The number of carbonyl (C=O) groups excluding carboxylic acids is 2. The van der Waals surface area contributed by atoms with Crippen molar-refractivity contribution in [3.8, 4) is 5.69 Å². The Balaban J connectivity index is 1.50. The summed E-state index contributed by atoms with van der Waals surface area (Å²) in [6, 6.07) is 7.48. The second-order valence-electron chi connectivity index (χ2n) is 8.13. The van der Waals surface area contributed by atoms with Gasteiger partial charge in [0.25, 0.3) is 0 Å². The van der Waals surface area contributed by atoms with E-state index in [4.69, 9.17) is 0 Å². The minimum absolute atomic E-state index is 0.175. The fourth-order valence-corrected chi connectivity index (χ4v) is 5.52. The van der Waals surface area contributed by atoms with Crippen molar-refractivity contribution in [1.82, 2.24) is 15.1 Å². The summed E-state index contributed by atoms with van der Waals surface area (Å²) in [6.07, 6.45) is 7.41. The van der Waals surface area contributed by atoms with Crippen LogP contribution < -0.4 is 10.6 Å². The number of nitrogens with zero attached hydrogens (tertiary/aromatic N) is 2. The zero-order valence-corrected chi connectivity index (χ0v) is 18.3. The lowest BCUT2D eigenvalue weighted by Crippen LogP contribution is -2.36. The van der Waals surface area contributed by atoms with Gasteiger partial charge in [0.05, 0.1) is 22.9 Å². The number of fused-ring (bicyclic) bond motifs is 1. The monoisotopic (exact) mass is 442 g/mol. The number of hydrogen-bond donors (Lipinski definition) is 2. The molecule has 9 heteroatoms. The molecule has 2 amide bonds. The maximum Gasteiger partial charge on any atom is 0.314 e. The van der Waals surface area contributed by atoms with Gasteiger partial charge in [0.2, 0.25) is 0 Å². The molecule has 1 aromatic carbocycles. The van der Waals surface area contributed by atoms with E-state index in [1.165, 1.54) is 16.7 Å². The largest absolute Gasteiger partial charge is 0.348 e. The Bertz CT molecular complexity index is 1160. The van der Waals surface area contributed by atoms with Crippen molar-refractivity contribution in [2.24, 2.45) is 0 Å². The highest BCUT2D eigenvalue weighted by molar-refractivity contribution is 7.90. The van der Waals surface area contributed by atoms with Crippen molar-refractivity contribution in [1.29, 1.82) is 0 Å². The number of hydrogen-bond acceptors (Lipinski definition) is 5. The average molecular weight is 443 g/mol. The second-order valence-corrected chi connectivity index (χ2v) is 10.2. The van der Waals surface area contributed by atoms with Crippen molar-refractivity contribution in [2.45, 2.75) is 50.5 Å². The number of rotatable bonds is 5. The predicted molar refractivity (Wildman–Crippen MR) is 117 cm³/mol. The summed E-state index contributed by atoms with van der Waals surface area (Å²) >= 11 is 0. The first-order chi connectivity index (χ1) is 14.8. The van der Waals surface area contributed by atoms with Gasteiger partial charge < -0.3 is 10.6 Å². The SMILES string of the molecule is Cc1cccc(-n2nc3c(c2NC(=O)C(=O)NCCC2=CCCCC2)CS(=O)(=O)C3)c1. The van der Waals surface area contributed by atoms with Crippen LogP contribution in [0.3, 0.4) is 0 Å². The first-order valence-electron chi connectivity index (χ1n) is 10.5. The van der Waals surface area contributed by atoms with Gasteiger partial charge in [-0.2, -0.15) is 5.10 Å². The number of amides is 2. The lowest BCUT2D eigenvalue weighted by molar-refractivity contribution is -0.136. The predicted octanol–water partition coefficient (Wildman–Crippen LogP) is 2.55. The Kier molecular flexibility index (Phi) is 5.95. The van der Waals surface area contributed by atoms with Crippen molar-refractivity contribution in [3.63, 3.8) is 0 Å². The van der Waals surface area contributed by atoms with Crippen LogP contribution in [0.15, 0.2) is 35.9 Å². The fourth-order valence-electron chi connectivity index (χ4n) is 4.03. The third-order valence-electron chi connectivity index (χ3n) is 5.59. The van der Waals surface area contributed by atoms with E-state index in [9.17, 15) is 18.0 Å². The summed E-state index contributed by atoms with van der Waals surface area (Å²) in [7, 11) is -3.31. The summed E-state index contributed by atoms with van der Waals surface area (Å²) in [5.74, 6) is -1.73. The molecule has 1 aliphatic carbocycles. The number of aryl methyl sites for hydroxylation is 1. The zero-order valence-electron chi connectivity index (χ0n) is 17.5. The van der Waals surface area contributed by atoms with E-state index in [-0.39, 0.29) is 17.3 Å². The molecule has 2 N–H and O–H groups in total. The van der Waals surface area contributed by atoms with Crippen molar-refractivity contribution >= 4 is 27.5 Å². The van der Waals surface area contributed by atoms with Crippen molar-refractivity contribution in [2.75, 3.05) is 11.9 Å². The van der Waals surface area contributed by atoms with E-state index in [0.29, 0.717) is 23.5 Å². The van der Waals surface area contributed by atoms with Crippen LogP contribution in [0.4, 0.5) is 5.82 Å². The summed E-state index contributed by atoms with van der Waals surface area (Å²) in [5.41, 5.74) is 3.84. The number of benzene rings is 1. The van der Waals surface area contributed by atoms with Crippen LogP contribution in [0.25, 0.3) is 5.69 Å². The standard InChI is InChI=1S/C22H26N4O4S/c1-15-6-5-9-17(12-15)26-20(18-13-31(29,30)14-19(18)25-26)24-22(28)21(27)23-11-10-16-7-3-2-4-8-16/h5-7,9,12H,2-4,8,10-11,13-14H2,1H3,(H,23,27)(H,24,28). The molecule has 0 fully saturated rings. The second kappa shape index (κ2) is 8.66. The van der Waals surface area contributed by atoms with Crippen LogP contribution in [-0.4, -0.2) is 36.6 Å². The zero-order chi connectivity index (χ0) is 22.0. The van der Waals surface area contributed by atoms with Crippen LogP contribution in [0.2, 0.25) is 0 Å². The molecule has 0 spiro atoms. The first kappa shape index (κ1) is 21.3. The van der Waals surface area contributed by atoms with Gasteiger partial charge in [-0.25, -0.2) is 13.1 Å². The molecule has 1 aliphatic heterocycles. The van der Waals surface area contributed by atoms with Gasteiger partial charge in [0, 0.05) is 12.1 Å². The van der Waals surface area contributed by atoms with E-state index in [1.807, 2.05) is 31.2 Å². The van der Waals surface area contributed by atoms with E-state index < -0.39 is 21.7 Å². The number of allylic oxidation sites excluding steroid dienone is 1.